The molecule has 0 spiro atoms. The van der Waals surface area contributed by atoms with Gasteiger partial charge in [-0.2, -0.15) is 0 Å². The quantitative estimate of drug-likeness (QED) is 0.832. The Labute approximate surface area is 101 Å². The fourth-order valence-electron chi connectivity index (χ4n) is 2.34. The van der Waals surface area contributed by atoms with Crippen molar-refractivity contribution in [2.45, 2.75) is 25.8 Å². The first-order chi connectivity index (χ1) is 8.24. The summed E-state index contributed by atoms with van der Waals surface area (Å²) in [6, 6.07) is 0. The van der Waals surface area contributed by atoms with E-state index < -0.39 is 5.97 Å². The molecule has 2 rings (SSSR count). The fourth-order valence-corrected chi connectivity index (χ4v) is 2.34. The SMILES string of the molecule is O=C(O)CC1CCN(CCn2ccnc2)CC1. The Morgan fingerprint density at radius 1 is 1.35 bits per heavy atom. The summed E-state index contributed by atoms with van der Waals surface area (Å²) in [4.78, 5) is 17.0. The standard InChI is InChI=1S/C12H19N3O2/c16-12(17)9-11-1-4-14(5-2-11)7-8-15-6-3-13-10-15/h3,6,10-11H,1-2,4-5,7-9H2,(H,16,17). The van der Waals surface area contributed by atoms with Crippen LogP contribution in [0.15, 0.2) is 18.7 Å². The number of imidazole rings is 1. The van der Waals surface area contributed by atoms with Crippen molar-refractivity contribution >= 4 is 5.97 Å². The number of likely N-dealkylation sites (tertiary alicyclic amines) is 1. The van der Waals surface area contributed by atoms with Crippen molar-refractivity contribution in [3.8, 4) is 0 Å². The van der Waals surface area contributed by atoms with Crippen molar-refractivity contribution in [2.75, 3.05) is 19.6 Å². The van der Waals surface area contributed by atoms with Gasteiger partial charge in [-0.1, -0.05) is 0 Å². The Morgan fingerprint density at radius 2 is 2.12 bits per heavy atom. The van der Waals surface area contributed by atoms with Crippen molar-refractivity contribution in [3.63, 3.8) is 0 Å². The molecule has 1 saturated heterocycles. The topological polar surface area (TPSA) is 58.4 Å². The van der Waals surface area contributed by atoms with Crippen LogP contribution in [0.2, 0.25) is 0 Å². The van der Waals surface area contributed by atoms with Gasteiger partial charge in [0.25, 0.3) is 0 Å². The van der Waals surface area contributed by atoms with Gasteiger partial charge in [-0.3, -0.25) is 4.79 Å². The average Bonchev–Trinajstić information content (AvgIpc) is 2.80. The van der Waals surface area contributed by atoms with E-state index in [1.54, 1.807) is 6.20 Å². The Hall–Kier alpha value is -1.36. The predicted octanol–water partition coefficient (Wildman–Crippen LogP) is 1.07. The number of aliphatic carboxylic acids is 1. The van der Waals surface area contributed by atoms with Gasteiger partial charge < -0.3 is 14.6 Å². The van der Waals surface area contributed by atoms with Gasteiger partial charge in [-0.25, -0.2) is 4.98 Å². The number of rotatable bonds is 5. The number of hydrogen-bond acceptors (Lipinski definition) is 3. The maximum atomic E-state index is 10.6. The maximum absolute atomic E-state index is 10.6. The second-order valence-corrected chi connectivity index (χ2v) is 4.68. The van der Waals surface area contributed by atoms with Crippen LogP contribution in [0.3, 0.4) is 0 Å². The summed E-state index contributed by atoms with van der Waals surface area (Å²) in [5, 5.41) is 8.74. The van der Waals surface area contributed by atoms with E-state index in [-0.39, 0.29) is 0 Å². The third-order valence-electron chi connectivity index (χ3n) is 3.40. The van der Waals surface area contributed by atoms with Gasteiger partial charge >= 0.3 is 5.97 Å². The highest BCUT2D eigenvalue weighted by molar-refractivity contribution is 5.67. The molecule has 1 fully saturated rings. The van der Waals surface area contributed by atoms with Gasteiger partial charge in [0.1, 0.15) is 0 Å². The van der Waals surface area contributed by atoms with Crippen molar-refractivity contribution in [3.05, 3.63) is 18.7 Å². The Morgan fingerprint density at radius 3 is 2.71 bits per heavy atom. The maximum Gasteiger partial charge on any atom is 0.303 e. The summed E-state index contributed by atoms with van der Waals surface area (Å²) in [7, 11) is 0. The second-order valence-electron chi connectivity index (χ2n) is 4.68. The molecule has 1 aromatic heterocycles. The minimum atomic E-state index is -0.665. The molecule has 0 unspecified atom stereocenters. The highest BCUT2D eigenvalue weighted by Crippen LogP contribution is 2.20. The lowest BCUT2D eigenvalue weighted by Crippen LogP contribution is -2.36. The van der Waals surface area contributed by atoms with E-state index in [9.17, 15) is 4.79 Å². The van der Waals surface area contributed by atoms with E-state index in [0.29, 0.717) is 12.3 Å². The first-order valence-electron chi connectivity index (χ1n) is 6.14. The lowest BCUT2D eigenvalue weighted by Gasteiger charge is -2.31. The van der Waals surface area contributed by atoms with Crippen LogP contribution < -0.4 is 0 Å². The Kier molecular flexibility index (Phi) is 4.14. The molecule has 1 N–H and O–H groups in total. The van der Waals surface area contributed by atoms with Crippen LogP contribution in [0.5, 0.6) is 0 Å². The monoisotopic (exact) mass is 237 g/mol. The molecule has 0 aromatic carbocycles. The molecule has 0 atom stereocenters. The summed E-state index contributed by atoms with van der Waals surface area (Å²) in [6.07, 6.45) is 7.94. The number of hydrogen-bond donors (Lipinski definition) is 1. The summed E-state index contributed by atoms with van der Waals surface area (Å²) in [5.74, 6) is -0.293. The molecular weight excluding hydrogens is 218 g/mol. The average molecular weight is 237 g/mol. The first-order valence-corrected chi connectivity index (χ1v) is 6.14. The highest BCUT2D eigenvalue weighted by Gasteiger charge is 2.20. The molecule has 1 aliphatic heterocycles. The summed E-state index contributed by atoms with van der Waals surface area (Å²) < 4.78 is 2.07. The third-order valence-corrected chi connectivity index (χ3v) is 3.40. The smallest absolute Gasteiger partial charge is 0.303 e. The molecule has 0 amide bonds. The van der Waals surface area contributed by atoms with Crippen LogP contribution in [0, 0.1) is 5.92 Å². The van der Waals surface area contributed by atoms with Crippen LogP contribution in [0.25, 0.3) is 0 Å². The van der Waals surface area contributed by atoms with E-state index in [2.05, 4.69) is 14.5 Å². The molecule has 0 saturated carbocycles. The second kappa shape index (κ2) is 5.82. The Balaban J connectivity index is 1.67. The summed E-state index contributed by atoms with van der Waals surface area (Å²) in [5.41, 5.74) is 0. The number of nitrogens with zero attached hydrogens (tertiary/aromatic N) is 3. The molecule has 5 heteroatoms. The van der Waals surface area contributed by atoms with Crippen molar-refractivity contribution in [2.24, 2.45) is 5.92 Å². The molecule has 17 heavy (non-hydrogen) atoms. The lowest BCUT2D eigenvalue weighted by molar-refractivity contribution is -0.138. The van der Waals surface area contributed by atoms with Crippen molar-refractivity contribution < 1.29 is 9.90 Å². The predicted molar refractivity (Wildman–Crippen MR) is 63.6 cm³/mol. The minimum absolute atomic E-state index is 0.329. The molecule has 1 aromatic rings. The zero-order valence-electron chi connectivity index (χ0n) is 9.96. The van der Waals surface area contributed by atoms with Gasteiger partial charge in [0.15, 0.2) is 0 Å². The highest BCUT2D eigenvalue weighted by atomic mass is 16.4. The molecule has 0 radical (unpaired) electrons. The largest absolute Gasteiger partial charge is 0.481 e. The molecular formula is C12H19N3O2. The number of carboxylic acids is 1. The summed E-state index contributed by atoms with van der Waals surface area (Å²) >= 11 is 0. The van der Waals surface area contributed by atoms with Gasteiger partial charge in [0, 0.05) is 31.9 Å². The summed E-state index contributed by atoms with van der Waals surface area (Å²) in [6.45, 7) is 4.03. The van der Waals surface area contributed by atoms with Crippen LogP contribution in [-0.2, 0) is 11.3 Å². The van der Waals surface area contributed by atoms with E-state index in [1.165, 1.54) is 0 Å². The zero-order valence-corrected chi connectivity index (χ0v) is 9.96. The van der Waals surface area contributed by atoms with Gasteiger partial charge in [0.05, 0.1) is 6.33 Å². The van der Waals surface area contributed by atoms with Crippen molar-refractivity contribution in [1.82, 2.24) is 14.5 Å². The van der Waals surface area contributed by atoms with E-state index in [1.807, 2.05) is 12.5 Å². The van der Waals surface area contributed by atoms with Crippen LogP contribution >= 0.6 is 0 Å². The molecule has 2 heterocycles. The Bertz CT molecular complexity index is 343. The zero-order chi connectivity index (χ0) is 12.1. The van der Waals surface area contributed by atoms with Crippen LogP contribution in [0.1, 0.15) is 19.3 Å². The van der Waals surface area contributed by atoms with Crippen molar-refractivity contribution in [1.29, 1.82) is 0 Å². The van der Waals surface area contributed by atoms with Gasteiger partial charge in [0.2, 0.25) is 0 Å². The molecule has 0 aliphatic carbocycles. The van der Waals surface area contributed by atoms with E-state index in [0.717, 1.165) is 39.0 Å². The normalized spacial score (nSPS) is 18.4. The fraction of sp³-hybridized carbons (Fsp3) is 0.667. The van der Waals surface area contributed by atoms with Gasteiger partial charge in [-0.05, 0) is 31.8 Å². The number of carboxylic acid groups (broad SMARTS) is 1. The van der Waals surface area contributed by atoms with Crippen LogP contribution in [-0.4, -0.2) is 45.2 Å². The lowest BCUT2D eigenvalue weighted by atomic mass is 9.94. The minimum Gasteiger partial charge on any atom is -0.481 e. The molecule has 0 bridgehead atoms. The third kappa shape index (κ3) is 3.85. The van der Waals surface area contributed by atoms with Gasteiger partial charge in [-0.15, -0.1) is 0 Å². The number of aromatic nitrogens is 2. The number of piperidine rings is 1. The van der Waals surface area contributed by atoms with Crippen LogP contribution in [0.4, 0.5) is 0 Å². The molecule has 1 aliphatic rings. The van der Waals surface area contributed by atoms with E-state index >= 15 is 0 Å². The number of carbonyl (C=O) groups is 1. The van der Waals surface area contributed by atoms with E-state index in [4.69, 9.17) is 5.11 Å². The molecule has 94 valence electrons. The molecule has 5 nitrogen and oxygen atoms in total. The first kappa shape index (κ1) is 12.1.